The van der Waals surface area contributed by atoms with Gasteiger partial charge < -0.3 is 19.0 Å². The number of hydrogen-bond acceptors (Lipinski definition) is 4. The SMILES string of the molecule is CCC(CC)CN1C[C@]23C=C[C@H](O2)[C@@H](C(=O)N(C)Cc2ccoc2)[C@@H]3C1=O. The van der Waals surface area contributed by atoms with Gasteiger partial charge in [0.2, 0.25) is 11.8 Å². The summed E-state index contributed by atoms with van der Waals surface area (Å²) in [7, 11) is 1.78. The third-order valence-corrected chi connectivity index (χ3v) is 6.47. The molecule has 0 aliphatic carbocycles. The number of nitrogens with zero attached hydrogens (tertiary/aromatic N) is 2. The van der Waals surface area contributed by atoms with E-state index in [4.69, 9.17) is 9.15 Å². The Kier molecular flexibility index (Phi) is 4.62. The van der Waals surface area contributed by atoms with E-state index in [0.717, 1.165) is 24.9 Å². The molecule has 2 fully saturated rings. The molecule has 146 valence electrons. The molecule has 2 amide bonds. The number of rotatable bonds is 7. The fourth-order valence-corrected chi connectivity index (χ4v) is 4.86. The number of furan rings is 1. The molecule has 1 aromatic rings. The Labute approximate surface area is 160 Å². The number of carbonyl (C=O) groups excluding carboxylic acids is 2. The highest BCUT2D eigenvalue weighted by atomic mass is 16.5. The highest BCUT2D eigenvalue weighted by molar-refractivity contribution is 5.93. The highest BCUT2D eigenvalue weighted by Crippen LogP contribution is 2.52. The van der Waals surface area contributed by atoms with Gasteiger partial charge in [-0.3, -0.25) is 9.59 Å². The lowest BCUT2D eigenvalue weighted by atomic mass is 9.76. The van der Waals surface area contributed by atoms with Gasteiger partial charge in [0.05, 0.1) is 37.0 Å². The largest absolute Gasteiger partial charge is 0.472 e. The van der Waals surface area contributed by atoms with Crippen LogP contribution in [0, 0.1) is 17.8 Å². The van der Waals surface area contributed by atoms with E-state index in [2.05, 4.69) is 13.8 Å². The number of hydrogen-bond donors (Lipinski definition) is 0. The van der Waals surface area contributed by atoms with E-state index in [9.17, 15) is 9.59 Å². The number of carbonyl (C=O) groups is 2. The predicted octanol–water partition coefficient (Wildman–Crippen LogP) is 2.46. The van der Waals surface area contributed by atoms with Crippen molar-refractivity contribution in [3.05, 3.63) is 36.3 Å². The molecule has 2 saturated heterocycles. The van der Waals surface area contributed by atoms with Crippen molar-refractivity contribution in [2.45, 2.75) is 44.9 Å². The maximum absolute atomic E-state index is 13.2. The minimum Gasteiger partial charge on any atom is -0.472 e. The average Bonchev–Trinajstić information content (AvgIpc) is 3.42. The molecule has 1 spiro atoms. The van der Waals surface area contributed by atoms with Crippen molar-refractivity contribution in [2.75, 3.05) is 20.1 Å². The normalized spacial score (nSPS) is 31.2. The van der Waals surface area contributed by atoms with Crippen molar-refractivity contribution in [2.24, 2.45) is 17.8 Å². The van der Waals surface area contributed by atoms with Crippen molar-refractivity contribution >= 4 is 11.8 Å². The van der Waals surface area contributed by atoms with Crippen LogP contribution < -0.4 is 0 Å². The van der Waals surface area contributed by atoms with E-state index in [1.54, 1.807) is 24.5 Å². The summed E-state index contributed by atoms with van der Waals surface area (Å²) >= 11 is 0. The zero-order valence-electron chi connectivity index (χ0n) is 16.3. The fraction of sp³-hybridized carbons (Fsp3) is 0.619. The molecule has 6 heteroatoms. The first-order valence-corrected chi connectivity index (χ1v) is 9.91. The first-order chi connectivity index (χ1) is 13.0. The van der Waals surface area contributed by atoms with Gasteiger partial charge in [-0.05, 0) is 12.0 Å². The van der Waals surface area contributed by atoms with Crippen LogP contribution in [-0.2, 0) is 20.9 Å². The van der Waals surface area contributed by atoms with Gasteiger partial charge in [-0.1, -0.05) is 38.8 Å². The molecule has 0 radical (unpaired) electrons. The van der Waals surface area contributed by atoms with E-state index in [1.807, 2.05) is 23.1 Å². The van der Waals surface area contributed by atoms with Gasteiger partial charge in [-0.2, -0.15) is 0 Å². The van der Waals surface area contributed by atoms with Crippen molar-refractivity contribution in [3.8, 4) is 0 Å². The second kappa shape index (κ2) is 6.82. The maximum atomic E-state index is 13.2. The molecular formula is C21H28N2O4. The Hall–Kier alpha value is -2.08. The Morgan fingerprint density at radius 1 is 1.41 bits per heavy atom. The monoisotopic (exact) mass is 372 g/mol. The van der Waals surface area contributed by atoms with Crippen LogP contribution in [0.15, 0.2) is 35.2 Å². The minimum atomic E-state index is -0.620. The molecule has 0 aromatic carbocycles. The minimum absolute atomic E-state index is 0.0323. The highest BCUT2D eigenvalue weighted by Gasteiger charge is 2.67. The lowest BCUT2D eigenvalue weighted by molar-refractivity contribution is -0.142. The Bertz CT molecular complexity index is 739. The Balaban J connectivity index is 1.53. The molecule has 6 nitrogen and oxygen atoms in total. The predicted molar refractivity (Wildman–Crippen MR) is 99.6 cm³/mol. The van der Waals surface area contributed by atoms with Gasteiger partial charge in [0.25, 0.3) is 0 Å². The van der Waals surface area contributed by atoms with Crippen LogP contribution in [0.25, 0.3) is 0 Å². The second-order valence-electron chi connectivity index (χ2n) is 8.13. The summed E-state index contributed by atoms with van der Waals surface area (Å²) in [5.41, 5.74) is 0.318. The maximum Gasteiger partial charge on any atom is 0.230 e. The fourth-order valence-electron chi connectivity index (χ4n) is 4.86. The smallest absolute Gasteiger partial charge is 0.230 e. The summed E-state index contributed by atoms with van der Waals surface area (Å²) in [6.07, 6.45) is 9.03. The summed E-state index contributed by atoms with van der Waals surface area (Å²) in [5, 5.41) is 0. The third kappa shape index (κ3) is 2.90. The first-order valence-electron chi connectivity index (χ1n) is 9.91. The van der Waals surface area contributed by atoms with Crippen LogP contribution >= 0.6 is 0 Å². The van der Waals surface area contributed by atoms with Gasteiger partial charge in [-0.25, -0.2) is 0 Å². The number of likely N-dealkylation sites (tertiary alicyclic amines) is 1. The molecule has 3 aliphatic rings. The summed E-state index contributed by atoms with van der Waals surface area (Å²) in [6.45, 7) is 6.10. The summed E-state index contributed by atoms with van der Waals surface area (Å²) < 4.78 is 11.3. The van der Waals surface area contributed by atoms with E-state index >= 15 is 0 Å². The Morgan fingerprint density at radius 3 is 2.85 bits per heavy atom. The molecular weight excluding hydrogens is 344 g/mol. The zero-order chi connectivity index (χ0) is 19.2. The summed E-state index contributed by atoms with van der Waals surface area (Å²) in [5.74, 6) is -0.311. The number of fused-ring (bicyclic) bond motifs is 1. The topological polar surface area (TPSA) is 63.0 Å². The average molecular weight is 372 g/mol. The van der Waals surface area contributed by atoms with Gasteiger partial charge in [0.15, 0.2) is 0 Å². The molecule has 3 aliphatic heterocycles. The van der Waals surface area contributed by atoms with Crippen LogP contribution in [-0.4, -0.2) is 53.5 Å². The molecule has 4 atom stereocenters. The van der Waals surface area contributed by atoms with Crippen LogP contribution in [0.1, 0.15) is 32.3 Å². The van der Waals surface area contributed by atoms with Gasteiger partial charge in [-0.15, -0.1) is 0 Å². The lowest BCUT2D eigenvalue weighted by Gasteiger charge is -2.28. The van der Waals surface area contributed by atoms with Gasteiger partial charge in [0.1, 0.15) is 5.60 Å². The Morgan fingerprint density at radius 2 is 2.19 bits per heavy atom. The van der Waals surface area contributed by atoms with E-state index in [0.29, 0.717) is 19.0 Å². The summed E-state index contributed by atoms with van der Waals surface area (Å²) in [4.78, 5) is 30.0. The van der Waals surface area contributed by atoms with Crippen LogP contribution in [0.4, 0.5) is 0 Å². The molecule has 1 aromatic heterocycles. The standard InChI is InChI=1S/C21H28N2O4/c1-4-14(5-2)11-23-13-21-8-6-16(27-21)17(18(21)20(23)25)19(24)22(3)10-15-7-9-26-12-15/h6-9,12,14,16-18H,4-5,10-11,13H2,1-3H3/t16-,17+,18+,21-/m0/s1. The number of ether oxygens (including phenoxy) is 1. The van der Waals surface area contributed by atoms with Crippen molar-refractivity contribution in [1.29, 1.82) is 0 Å². The molecule has 4 heterocycles. The molecule has 4 rings (SSSR count). The molecule has 0 saturated carbocycles. The molecule has 0 N–H and O–H groups in total. The molecule has 0 unspecified atom stereocenters. The van der Waals surface area contributed by atoms with Crippen molar-refractivity contribution < 1.29 is 18.7 Å². The summed E-state index contributed by atoms with van der Waals surface area (Å²) in [6, 6.07) is 1.85. The second-order valence-corrected chi connectivity index (χ2v) is 8.13. The van der Waals surface area contributed by atoms with E-state index in [1.165, 1.54) is 0 Å². The van der Waals surface area contributed by atoms with Crippen LogP contribution in [0.2, 0.25) is 0 Å². The van der Waals surface area contributed by atoms with Crippen LogP contribution in [0.5, 0.6) is 0 Å². The lowest BCUT2D eigenvalue weighted by Crippen LogP contribution is -2.44. The zero-order valence-corrected chi connectivity index (χ0v) is 16.3. The van der Waals surface area contributed by atoms with E-state index in [-0.39, 0.29) is 17.9 Å². The molecule has 2 bridgehead atoms. The van der Waals surface area contributed by atoms with Crippen LogP contribution in [0.3, 0.4) is 0 Å². The van der Waals surface area contributed by atoms with Crippen molar-refractivity contribution in [3.63, 3.8) is 0 Å². The van der Waals surface area contributed by atoms with Gasteiger partial charge >= 0.3 is 0 Å². The number of amides is 2. The molecule has 27 heavy (non-hydrogen) atoms. The van der Waals surface area contributed by atoms with E-state index < -0.39 is 17.4 Å². The van der Waals surface area contributed by atoms with Gasteiger partial charge in [0, 0.05) is 25.7 Å². The third-order valence-electron chi connectivity index (χ3n) is 6.47. The quantitative estimate of drug-likeness (QED) is 0.690. The first kappa shape index (κ1) is 18.3. The van der Waals surface area contributed by atoms with Crippen molar-refractivity contribution in [1.82, 2.24) is 9.80 Å².